The SMILES string of the molecule is CC1(NC(=O)OCc2ccccc2)CCN(c2ccc(Nc3ncc(C4COC4)c(-c4cc5cccc([N+](=O)[O-])c5o4)n3)cc2)CC1. The van der Waals surface area contributed by atoms with Crippen LogP contribution < -0.4 is 15.5 Å². The largest absolute Gasteiger partial charge is 0.447 e. The van der Waals surface area contributed by atoms with Gasteiger partial charge < -0.3 is 29.4 Å². The van der Waals surface area contributed by atoms with E-state index in [0.717, 1.165) is 48.4 Å². The Bertz CT molecular complexity index is 1900. The van der Waals surface area contributed by atoms with Gasteiger partial charge in [-0.1, -0.05) is 42.5 Å². The molecule has 4 heterocycles. The molecule has 0 aliphatic carbocycles. The minimum atomic E-state index is -0.448. The number of non-ortho nitro benzene ring substituents is 1. The van der Waals surface area contributed by atoms with Crippen LogP contribution in [-0.4, -0.2) is 52.8 Å². The lowest BCUT2D eigenvalue weighted by Gasteiger charge is -2.40. The molecular weight excluding hydrogens is 600 g/mol. The average Bonchev–Trinajstić information content (AvgIpc) is 3.49. The molecule has 0 unspecified atom stereocenters. The fourth-order valence-electron chi connectivity index (χ4n) is 5.94. The van der Waals surface area contributed by atoms with Crippen LogP contribution in [0.2, 0.25) is 0 Å². The minimum Gasteiger partial charge on any atom is -0.447 e. The number of carbonyl (C=O) groups is 1. The molecule has 0 saturated carbocycles. The van der Waals surface area contributed by atoms with Gasteiger partial charge >= 0.3 is 11.8 Å². The third-order valence-electron chi connectivity index (χ3n) is 8.82. The fraction of sp³-hybridized carbons (Fsp3) is 0.286. The molecule has 240 valence electrons. The van der Waals surface area contributed by atoms with Crippen LogP contribution in [0.4, 0.5) is 27.8 Å². The Balaban J connectivity index is 1.01. The van der Waals surface area contributed by atoms with Crippen molar-refractivity contribution in [3.05, 3.63) is 106 Å². The molecule has 12 nitrogen and oxygen atoms in total. The quantitative estimate of drug-likeness (QED) is 0.129. The Hall–Kier alpha value is -5.49. The van der Waals surface area contributed by atoms with Crippen molar-refractivity contribution in [1.29, 1.82) is 0 Å². The van der Waals surface area contributed by atoms with E-state index in [1.807, 2.05) is 54.6 Å². The van der Waals surface area contributed by atoms with E-state index in [1.165, 1.54) is 6.07 Å². The van der Waals surface area contributed by atoms with Crippen molar-refractivity contribution < 1.29 is 23.6 Å². The van der Waals surface area contributed by atoms with E-state index in [-0.39, 0.29) is 29.3 Å². The van der Waals surface area contributed by atoms with Crippen molar-refractivity contribution in [1.82, 2.24) is 15.3 Å². The van der Waals surface area contributed by atoms with Gasteiger partial charge in [-0.3, -0.25) is 10.1 Å². The van der Waals surface area contributed by atoms with Gasteiger partial charge in [0, 0.05) is 59.1 Å². The summed E-state index contributed by atoms with van der Waals surface area (Å²) in [5.74, 6) is 0.932. The topological polar surface area (TPSA) is 145 Å². The van der Waals surface area contributed by atoms with E-state index in [0.29, 0.717) is 36.0 Å². The second-order valence-electron chi connectivity index (χ2n) is 12.2. The smallest absolute Gasteiger partial charge is 0.407 e. The van der Waals surface area contributed by atoms with Gasteiger partial charge in [0.2, 0.25) is 11.5 Å². The molecule has 3 aromatic carbocycles. The van der Waals surface area contributed by atoms with Gasteiger partial charge in [-0.2, -0.15) is 0 Å². The summed E-state index contributed by atoms with van der Waals surface area (Å²) in [4.78, 5) is 35.3. The molecule has 12 heteroatoms. The van der Waals surface area contributed by atoms with Crippen molar-refractivity contribution in [2.24, 2.45) is 0 Å². The van der Waals surface area contributed by atoms with Crippen molar-refractivity contribution in [3.8, 4) is 11.5 Å². The van der Waals surface area contributed by atoms with Crippen LogP contribution >= 0.6 is 0 Å². The lowest BCUT2D eigenvalue weighted by molar-refractivity contribution is -0.383. The molecule has 2 N–H and O–H groups in total. The van der Waals surface area contributed by atoms with Crippen LogP contribution in [0.5, 0.6) is 0 Å². The molecule has 0 atom stereocenters. The highest BCUT2D eigenvalue weighted by Crippen LogP contribution is 2.38. The van der Waals surface area contributed by atoms with Crippen LogP contribution in [-0.2, 0) is 16.1 Å². The Morgan fingerprint density at radius 2 is 1.83 bits per heavy atom. The summed E-state index contributed by atoms with van der Waals surface area (Å²) in [6.07, 6.45) is 2.94. The highest BCUT2D eigenvalue weighted by atomic mass is 16.6. The Morgan fingerprint density at radius 3 is 2.53 bits per heavy atom. The number of rotatable bonds is 9. The van der Waals surface area contributed by atoms with Crippen LogP contribution in [0.1, 0.15) is 36.8 Å². The summed E-state index contributed by atoms with van der Waals surface area (Å²) >= 11 is 0. The number of nitro benzene ring substituents is 1. The molecule has 7 rings (SSSR count). The summed E-state index contributed by atoms with van der Waals surface area (Å²) in [6, 6.07) is 24.3. The number of anilines is 3. The number of hydrogen-bond acceptors (Lipinski definition) is 10. The zero-order chi connectivity index (χ0) is 32.4. The second-order valence-corrected chi connectivity index (χ2v) is 12.2. The fourth-order valence-corrected chi connectivity index (χ4v) is 5.94. The van der Waals surface area contributed by atoms with Crippen LogP contribution in [0.15, 0.2) is 89.5 Å². The number of carbonyl (C=O) groups excluding carboxylic acids is 1. The van der Waals surface area contributed by atoms with E-state index >= 15 is 0 Å². The van der Waals surface area contributed by atoms with Crippen LogP contribution in [0.3, 0.4) is 0 Å². The van der Waals surface area contributed by atoms with Crippen LogP contribution in [0.25, 0.3) is 22.4 Å². The summed E-state index contributed by atoms with van der Waals surface area (Å²) < 4.78 is 16.9. The second kappa shape index (κ2) is 12.7. The van der Waals surface area contributed by atoms with E-state index in [4.69, 9.17) is 18.9 Å². The number of aromatic nitrogens is 2. The van der Waals surface area contributed by atoms with Crippen molar-refractivity contribution >= 4 is 40.1 Å². The number of hydrogen-bond donors (Lipinski definition) is 2. The normalized spacial score (nSPS) is 16.0. The van der Waals surface area contributed by atoms with E-state index in [1.54, 1.807) is 24.4 Å². The summed E-state index contributed by atoms with van der Waals surface area (Å²) in [5, 5.41) is 18.6. The molecule has 2 aliphatic rings. The first-order valence-corrected chi connectivity index (χ1v) is 15.6. The average molecular weight is 635 g/mol. The predicted molar refractivity (Wildman–Crippen MR) is 177 cm³/mol. The van der Waals surface area contributed by atoms with Crippen LogP contribution in [0, 0.1) is 10.1 Å². The number of benzene rings is 3. The monoisotopic (exact) mass is 634 g/mol. The first-order valence-electron chi connectivity index (χ1n) is 15.6. The molecule has 0 radical (unpaired) electrons. The third-order valence-corrected chi connectivity index (χ3v) is 8.82. The van der Waals surface area contributed by atoms with Crippen molar-refractivity contribution in [3.63, 3.8) is 0 Å². The summed E-state index contributed by atoms with van der Waals surface area (Å²) in [5.41, 5.74) is 4.06. The van der Waals surface area contributed by atoms with E-state index in [9.17, 15) is 14.9 Å². The predicted octanol–water partition coefficient (Wildman–Crippen LogP) is 6.94. The Morgan fingerprint density at radius 1 is 1.06 bits per heavy atom. The van der Waals surface area contributed by atoms with Crippen molar-refractivity contribution in [2.45, 2.75) is 37.8 Å². The van der Waals surface area contributed by atoms with Gasteiger partial charge in [0.05, 0.1) is 18.1 Å². The maximum Gasteiger partial charge on any atom is 0.407 e. The lowest BCUT2D eigenvalue weighted by Crippen LogP contribution is -2.53. The minimum absolute atomic E-state index is 0.0919. The highest BCUT2D eigenvalue weighted by Gasteiger charge is 2.32. The molecule has 0 spiro atoms. The summed E-state index contributed by atoms with van der Waals surface area (Å²) in [6.45, 7) is 4.98. The number of alkyl carbamates (subject to hydrolysis) is 1. The summed E-state index contributed by atoms with van der Waals surface area (Å²) in [7, 11) is 0. The van der Waals surface area contributed by atoms with Gasteiger partial charge in [0.15, 0.2) is 5.76 Å². The van der Waals surface area contributed by atoms with Gasteiger partial charge in [-0.25, -0.2) is 14.8 Å². The number of nitrogens with one attached hydrogen (secondary N) is 2. The number of para-hydroxylation sites is 1. The van der Waals surface area contributed by atoms with Gasteiger partial charge in [-0.15, -0.1) is 0 Å². The number of furan rings is 1. The molecule has 2 aromatic heterocycles. The molecule has 1 amide bonds. The third kappa shape index (κ3) is 6.59. The molecular formula is C35H34N6O6. The number of nitro groups is 1. The van der Waals surface area contributed by atoms with E-state index in [2.05, 4.69) is 27.4 Å². The zero-order valence-electron chi connectivity index (χ0n) is 25.8. The number of nitrogens with zero attached hydrogens (tertiary/aromatic N) is 4. The van der Waals surface area contributed by atoms with Gasteiger partial charge in [-0.05, 0) is 55.7 Å². The van der Waals surface area contributed by atoms with Gasteiger partial charge in [0.25, 0.3) is 0 Å². The first-order chi connectivity index (χ1) is 22.8. The highest BCUT2D eigenvalue weighted by molar-refractivity contribution is 5.89. The number of piperidine rings is 1. The first kappa shape index (κ1) is 30.2. The molecule has 2 saturated heterocycles. The Labute approximate surface area is 270 Å². The molecule has 2 fully saturated rings. The van der Waals surface area contributed by atoms with E-state index < -0.39 is 11.0 Å². The number of ether oxygens (including phenoxy) is 2. The molecule has 47 heavy (non-hydrogen) atoms. The maximum atomic E-state index is 12.5. The maximum absolute atomic E-state index is 12.5. The molecule has 0 bridgehead atoms. The standard InChI is InChI=1S/C35H34N6O6/c1-35(39-34(42)46-20-23-6-3-2-4-7-23)14-16-40(17-15-35)27-12-10-26(11-13-27)37-33-36-19-28(25-21-45-22-25)31(38-33)30-18-24-8-5-9-29(41(43)44)32(24)47-30/h2-13,18-19,25H,14-17,20-22H2,1H3,(H,39,42)(H,36,37,38). The number of amides is 1. The molecule has 2 aliphatic heterocycles. The Kier molecular flexibility index (Phi) is 8.17. The van der Waals surface area contributed by atoms with Crippen molar-refractivity contribution in [2.75, 3.05) is 36.5 Å². The van der Waals surface area contributed by atoms with Gasteiger partial charge in [0.1, 0.15) is 12.3 Å². The number of fused-ring (bicyclic) bond motifs is 1. The zero-order valence-corrected chi connectivity index (χ0v) is 25.8. The lowest BCUT2D eigenvalue weighted by atomic mass is 9.89. The molecule has 5 aromatic rings.